The van der Waals surface area contributed by atoms with Crippen LogP contribution in [0, 0.1) is 23.2 Å². The van der Waals surface area contributed by atoms with Crippen LogP contribution in [0.4, 0.5) is 0 Å². The van der Waals surface area contributed by atoms with Gasteiger partial charge in [0.2, 0.25) is 0 Å². The molecule has 0 aromatic carbocycles. The maximum Gasteiger partial charge on any atom is 0.103 e. The molecule has 0 saturated heterocycles. The van der Waals surface area contributed by atoms with E-state index in [4.69, 9.17) is 0 Å². The van der Waals surface area contributed by atoms with E-state index in [2.05, 4.69) is 37.2 Å². The van der Waals surface area contributed by atoms with Crippen LogP contribution < -0.4 is 5.32 Å². The third-order valence-electron chi connectivity index (χ3n) is 4.30. The van der Waals surface area contributed by atoms with E-state index in [1.165, 1.54) is 25.9 Å². The van der Waals surface area contributed by atoms with Crippen molar-refractivity contribution >= 4 is 0 Å². The maximum absolute atomic E-state index is 9.25. The average Bonchev–Trinajstić information content (AvgIpc) is 3.07. The van der Waals surface area contributed by atoms with Gasteiger partial charge in [-0.1, -0.05) is 13.8 Å². The normalized spacial score (nSPS) is 25.1. The zero-order valence-corrected chi connectivity index (χ0v) is 13.2. The number of rotatable bonds is 10. The molecule has 0 radical (unpaired) electrons. The summed E-state index contributed by atoms with van der Waals surface area (Å²) in [6.45, 7) is 9.86. The minimum absolute atomic E-state index is 0.334. The zero-order valence-electron chi connectivity index (χ0n) is 13.2. The zero-order chi connectivity index (χ0) is 14.3. The molecule has 1 saturated carbocycles. The number of nitriles is 1. The SMILES string of the molecule is CCCNC(C)(C#N)CCCCN(C)CC1CC1C. The van der Waals surface area contributed by atoms with E-state index in [0.717, 1.165) is 37.6 Å². The number of unbranched alkanes of at least 4 members (excludes halogenated alkanes) is 1. The first-order valence-corrected chi connectivity index (χ1v) is 7.85. The molecule has 1 aliphatic rings. The fourth-order valence-corrected chi connectivity index (χ4v) is 2.59. The Hall–Kier alpha value is -0.590. The van der Waals surface area contributed by atoms with Gasteiger partial charge in [0.25, 0.3) is 0 Å². The molecule has 0 heterocycles. The molecule has 0 spiro atoms. The van der Waals surface area contributed by atoms with Crippen LogP contribution >= 0.6 is 0 Å². The van der Waals surface area contributed by atoms with E-state index in [-0.39, 0.29) is 5.54 Å². The van der Waals surface area contributed by atoms with Gasteiger partial charge < -0.3 is 4.90 Å². The van der Waals surface area contributed by atoms with Gasteiger partial charge in [0.05, 0.1) is 6.07 Å². The molecule has 1 fully saturated rings. The number of hydrogen-bond acceptors (Lipinski definition) is 3. The summed E-state index contributed by atoms with van der Waals surface area (Å²) in [7, 11) is 2.23. The molecule has 3 atom stereocenters. The van der Waals surface area contributed by atoms with Gasteiger partial charge in [0, 0.05) is 6.54 Å². The van der Waals surface area contributed by atoms with Gasteiger partial charge in [-0.3, -0.25) is 5.32 Å². The van der Waals surface area contributed by atoms with Crippen LogP contribution in [0.5, 0.6) is 0 Å². The highest BCUT2D eigenvalue weighted by molar-refractivity contribution is 5.03. The number of hydrogen-bond donors (Lipinski definition) is 1. The van der Waals surface area contributed by atoms with Crippen LogP contribution in [0.1, 0.15) is 52.9 Å². The Morgan fingerprint density at radius 2 is 2.11 bits per heavy atom. The lowest BCUT2D eigenvalue weighted by Crippen LogP contribution is -2.41. The molecule has 1 aliphatic carbocycles. The van der Waals surface area contributed by atoms with Crippen molar-refractivity contribution in [1.82, 2.24) is 10.2 Å². The first-order chi connectivity index (χ1) is 9.00. The molecule has 0 amide bonds. The van der Waals surface area contributed by atoms with Crippen molar-refractivity contribution in [3.8, 4) is 6.07 Å². The standard InChI is InChI=1S/C16H31N3/c1-5-9-18-16(3,13-17)8-6-7-10-19(4)12-15-11-14(15)2/h14-15,18H,5-12H2,1-4H3. The number of nitrogens with zero attached hydrogens (tertiary/aromatic N) is 2. The van der Waals surface area contributed by atoms with Crippen LogP contribution in [0.2, 0.25) is 0 Å². The Kier molecular flexibility index (Phi) is 6.82. The average molecular weight is 265 g/mol. The van der Waals surface area contributed by atoms with Crippen LogP contribution in [0.25, 0.3) is 0 Å². The Balaban J connectivity index is 2.09. The smallest absolute Gasteiger partial charge is 0.103 e. The number of nitrogens with one attached hydrogen (secondary N) is 1. The van der Waals surface area contributed by atoms with Crippen molar-refractivity contribution in [2.75, 3.05) is 26.7 Å². The van der Waals surface area contributed by atoms with Crippen molar-refractivity contribution in [3.63, 3.8) is 0 Å². The summed E-state index contributed by atoms with van der Waals surface area (Å²) in [6, 6.07) is 2.42. The van der Waals surface area contributed by atoms with Crippen molar-refractivity contribution in [1.29, 1.82) is 5.26 Å². The Morgan fingerprint density at radius 1 is 1.42 bits per heavy atom. The van der Waals surface area contributed by atoms with E-state index < -0.39 is 0 Å². The third kappa shape index (κ3) is 6.40. The Bertz CT molecular complexity index is 297. The van der Waals surface area contributed by atoms with Gasteiger partial charge in [-0.2, -0.15) is 5.26 Å². The van der Waals surface area contributed by atoms with Crippen LogP contribution in [0.15, 0.2) is 0 Å². The summed E-state index contributed by atoms with van der Waals surface area (Å²) < 4.78 is 0. The topological polar surface area (TPSA) is 39.1 Å². The predicted octanol–water partition coefficient (Wildman–Crippen LogP) is 3.03. The van der Waals surface area contributed by atoms with Crippen LogP contribution in [-0.2, 0) is 0 Å². The van der Waals surface area contributed by atoms with Crippen molar-refractivity contribution in [3.05, 3.63) is 0 Å². The Labute approximate surface area is 119 Å². The molecular weight excluding hydrogens is 234 g/mol. The fraction of sp³-hybridized carbons (Fsp3) is 0.938. The summed E-state index contributed by atoms with van der Waals surface area (Å²) in [5.74, 6) is 1.89. The minimum atomic E-state index is -0.334. The van der Waals surface area contributed by atoms with E-state index in [1.54, 1.807) is 0 Å². The summed E-state index contributed by atoms with van der Waals surface area (Å²) in [4.78, 5) is 2.46. The molecule has 110 valence electrons. The first kappa shape index (κ1) is 16.5. The molecule has 1 rings (SSSR count). The van der Waals surface area contributed by atoms with E-state index in [0.29, 0.717) is 0 Å². The van der Waals surface area contributed by atoms with Crippen molar-refractivity contribution < 1.29 is 0 Å². The molecule has 0 bridgehead atoms. The predicted molar refractivity (Wildman–Crippen MR) is 80.9 cm³/mol. The molecule has 3 nitrogen and oxygen atoms in total. The molecule has 0 aliphatic heterocycles. The molecule has 0 aromatic heterocycles. The summed E-state index contributed by atoms with van der Waals surface area (Å²) >= 11 is 0. The summed E-state index contributed by atoms with van der Waals surface area (Å²) in [6.07, 6.45) is 5.78. The fourth-order valence-electron chi connectivity index (χ4n) is 2.59. The van der Waals surface area contributed by atoms with E-state index >= 15 is 0 Å². The largest absolute Gasteiger partial charge is 0.306 e. The van der Waals surface area contributed by atoms with Crippen LogP contribution in [0.3, 0.4) is 0 Å². The van der Waals surface area contributed by atoms with Gasteiger partial charge in [-0.05, 0) is 71.0 Å². The quantitative estimate of drug-likeness (QED) is 0.617. The second kappa shape index (κ2) is 7.87. The lowest BCUT2D eigenvalue weighted by Gasteiger charge is -2.23. The minimum Gasteiger partial charge on any atom is -0.306 e. The molecule has 3 unspecified atom stereocenters. The van der Waals surface area contributed by atoms with Gasteiger partial charge in [0.1, 0.15) is 5.54 Å². The van der Waals surface area contributed by atoms with Crippen molar-refractivity contribution in [2.45, 2.75) is 58.4 Å². The van der Waals surface area contributed by atoms with Gasteiger partial charge in [-0.15, -0.1) is 0 Å². The molecular formula is C16H31N3. The van der Waals surface area contributed by atoms with E-state index in [1.807, 2.05) is 6.92 Å². The molecule has 1 N–H and O–H groups in total. The maximum atomic E-state index is 9.25. The highest BCUT2D eigenvalue weighted by Crippen LogP contribution is 2.37. The molecule has 19 heavy (non-hydrogen) atoms. The van der Waals surface area contributed by atoms with Gasteiger partial charge in [-0.25, -0.2) is 0 Å². The highest BCUT2D eigenvalue weighted by Gasteiger charge is 2.32. The highest BCUT2D eigenvalue weighted by atomic mass is 15.1. The second-order valence-electron chi connectivity index (χ2n) is 6.56. The van der Waals surface area contributed by atoms with Crippen molar-refractivity contribution in [2.24, 2.45) is 11.8 Å². The Morgan fingerprint density at radius 3 is 2.63 bits per heavy atom. The monoisotopic (exact) mass is 265 g/mol. The first-order valence-electron chi connectivity index (χ1n) is 7.85. The second-order valence-corrected chi connectivity index (χ2v) is 6.56. The molecule has 0 aromatic rings. The lowest BCUT2D eigenvalue weighted by atomic mass is 9.96. The third-order valence-corrected chi connectivity index (χ3v) is 4.30. The summed E-state index contributed by atoms with van der Waals surface area (Å²) in [5, 5.41) is 12.6. The van der Waals surface area contributed by atoms with E-state index in [9.17, 15) is 5.26 Å². The van der Waals surface area contributed by atoms with Gasteiger partial charge in [0.15, 0.2) is 0 Å². The lowest BCUT2D eigenvalue weighted by molar-refractivity contribution is 0.299. The molecule has 3 heteroatoms. The van der Waals surface area contributed by atoms with Crippen LogP contribution in [-0.4, -0.2) is 37.1 Å². The van der Waals surface area contributed by atoms with Gasteiger partial charge >= 0.3 is 0 Å². The summed E-state index contributed by atoms with van der Waals surface area (Å²) in [5.41, 5.74) is -0.334.